The minimum atomic E-state index is -0.719. The first kappa shape index (κ1) is 22.7. The first-order chi connectivity index (χ1) is 14.3. The molecule has 0 spiro atoms. The van der Waals surface area contributed by atoms with E-state index < -0.39 is 18.2 Å². The van der Waals surface area contributed by atoms with E-state index in [1.807, 2.05) is 12.1 Å². The molecule has 30 heavy (non-hydrogen) atoms. The molecule has 2 atom stereocenters. The summed E-state index contributed by atoms with van der Waals surface area (Å²) >= 11 is 18.0. The van der Waals surface area contributed by atoms with Gasteiger partial charge in [-0.25, -0.2) is 4.79 Å². The van der Waals surface area contributed by atoms with Crippen molar-refractivity contribution in [2.75, 3.05) is 13.8 Å². The number of halogens is 3. The molecule has 0 saturated carbocycles. The Bertz CT molecular complexity index is 923. The maximum absolute atomic E-state index is 13.1. The van der Waals surface area contributed by atoms with E-state index in [9.17, 15) is 9.59 Å². The molecule has 1 fully saturated rings. The lowest BCUT2D eigenvalue weighted by atomic mass is 10.1. The molecule has 6 nitrogen and oxygen atoms in total. The highest BCUT2D eigenvalue weighted by Gasteiger charge is 2.41. The van der Waals surface area contributed by atoms with Gasteiger partial charge in [0.25, 0.3) is 0 Å². The smallest absolute Gasteiger partial charge is 0.320 e. The number of likely N-dealkylation sites (N-methyl/N-ethyl adjacent to an activating group) is 1. The van der Waals surface area contributed by atoms with Crippen LogP contribution in [0, 0.1) is 0 Å². The quantitative estimate of drug-likeness (QED) is 0.697. The van der Waals surface area contributed by atoms with Crippen molar-refractivity contribution in [3.05, 3.63) is 68.7 Å². The Morgan fingerprint density at radius 1 is 1.13 bits per heavy atom. The van der Waals surface area contributed by atoms with E-state index in [-0.39, 0.29) is 19.2 Å². The van der Waals surface area contributed by atoms with E-state index in [2.05, 4.69) is 5.32 Å². The van der Waals surface area contributed by atoms with Crippen LogP contribution < -0.4 is 5.32 Å². The molecular formula is C21H22Cl3N3O3. The topological polar surface area (TPSA) is 61.9 Å². The number of carbonyl (C=O) groups excluding carboxylic acids is 2. The summed E-state index contributed by atoms with van der Waals surface area (Å²) in [6.45, 7) is 2.42. The SMILES string of the molecule is CC1OCN(C(=O)NCc2ccc(Cl)cc2Cl)C1C(=O)N(C)Cc1ccc(Cl)cc1. The summed E-state index contributed by atoms with van der Waals surface area (Å²) in [5.74, 6) is -0.199. The molecule has 0 bridgehead atoms. The molecule has 0 radical (unpaired) electrons. The Morgan fingerprint density at radius 2 is 1.80 bits per heavy atom. The van der Waals surface area contributed by atoms with Crippen molar-refractivity contribution in [2.45, 2.75) is 32.2 Å². The maximum Gasteiger partial charge on any atom is 0.320 e. The van der Waals surface area contributed by atoms with Crippen molar-refractivity contribution >= 4 is 46.7 Å². The lowest BCUT2D eigenvalue weighted by Gasteiger charge is -2.28. The van der Waals surface area contributed by atoms with Gasteiger partial charge in [0, 0.05) is 35.2 Å². The number of hydrogen-bond acceptors (Lipinski definition) is 3. The number of carbonyl (C=O) groups is 2. The predicted molar refractivity (Wildman–Crippen MR) is 118 cm³/mol. The molecule has 9 heteroatoms. The van der Waals surface area contributed by atoms with E-state index in [1.165, 1.54) is 4.90 Å². The molecule has 3 rings (SSSR count). The molecule has 2 aromatic carbocycles. The van der Waals surface area contributed by atoms with Crippen LogP contribution in [0.5, 0.6) is 0 Å². The summed E-state index contributed by atoms with van der Waals surface area (Å²) in [6, 6.07) is 11.2. The Balaban J connectivity index is 1.64. The number of nitrogens with zero attached hydrogens (tertiary/aromatic N) is 2. The van der Waals surface area contributed by atoms with Crippen molar-refractivity contribution in [1.82, 2.24) is 15.1 Å². The molecule has 1 N–H and O–H groups in total. The maximum atomic E-state index is 13.1. The van der Waals surface area contributed by atoms with Crippen LogP contribution >= 0.6 is 34.8 Å². The van der Waals surface area contributed by atoms with Gasteiger partial charge in [-0.15, -0.1) is 0 Å². The molecule has 0 aromatic heterocycles. The Labute approximate surface area is 190 Å². The van der Waals surface area contributed by atoms with Gasteiger partial charge >= 0.3 is 6.03 Å². The van der Waals surface area contributed by atoms with Gasteiger partial charge in [-0.1, -0.05) is 53.0 Å². The van der Waals surface area contributed by atoms with Crippen LogP contribution in [0.15, 0.2) is 42.5 Å². The van der Waals surface area contributed by atoms with Crippen molar-refractivity contribution < 1.29 is 14.3 Å². The highest BCUT2D eigenvalue weighted by atomic mass is 35.5. The normalized spacial score (nSPS) is 18.4. The van der Waals surface area contributed by atoms with Crippen molar-refractivity contribution in [2.24, 2.45) is 0 Å². The van der Waals surface area contributed by atoms with Gasteiger partial charge < -0.3 is 15.0 Å². The zero-order valence-corrected chi connectivity index (χ0v) is 18.8. The predicted octanol–water partition coefficient (Wildman–Crippen LogP) is 4.56. The zero-order chi connectivity index (χ0) is 21.8. The molecular weight excluding hydrogens is 449 g/mol. The van der Waals surface area contributed by atoms with Crippen LogP contribution in [0.2, 0.25) is 15.1 Å². The lowest BCUT2D eigenvalue weighted by Crippen LogP contribution is -2.52. The second-order valence-electron chi connectivity index (χ2n) is 7.13. The number of rotatable bonds is 5. The lowest BCUT2D eigenvalue weighted by molar-refractivity contribution is -0.135. The first-order valence-electron chi connectivity index (χ1n) is 9.35. The summed E-state index contributed by atoms with van der Waals surface area (Å²) < 4.78 is 5.58. The van der Waals surface area contributed by atoms with Crippen molar-refractivity contribution in [3.8, 4) is 0 Å². The molecule has 3 amide bonds. The van der Waals surface area contributed by atoms with Gasteiger partial charge in [-0.3, -0.25) is 9.69 Å². The number of hydrogen-bond donors (Lipinski definition) is 1. The number of urea groups is 1. The van der Waals surface area contributed by atoms with Crippen molar-refractivity contribution in [1.29, 1.82) is 0 Å². The van der Waals surface area contributed by atoms with E-state index in [4.69, 9.17) is 39.5 Å². The number of ether oxygens (including phenoxy) is 1. The van der Waals surface area contributed by atoms with E-state index >= 15 is 0 Å². The van der Waals surface area contributed by atoms with Crippen LogP contribution in [0.3, 0.4) is 0 Å². The van der Waals surface area contributed by atoms with Gasteiger partial charge in [0.1, 0.15) is 12.8 Å². The van der Waals surface area contributed by atoms with Gasteiger partial charge in [0.05, 0.1) is 6.10 Å². The Kier molecular flexibility index (Phi) is 7.47. The molecule has 1 aliphatic heterocycles. The number of nitrogens with one attached hydrogen (secondary N) is 1. The van der Waals surface area contributed by atoms with Crippen LogP contribution in [0.1, 0.15) is 18.1 Å². The minimum Gasteiger partial charge on any atom is -0.355 e. The molecule has 1 aliphatic rings. The second kappa shape index (κ2) is 9.88. The fourth-order valence-electron chi connectivity index (χ4n) is 3.25. The summed E-state index contributed by atoms with van der Waals surface area (Å²) in [7, 11) is 1.70. The fourth-order valence-corrected chi connectivity index (χ4v) is 3.85. The molecule has 1 heterocycles. The summed E-state index contributed by atoms with van der Waals surface area (Å²) in [5, 5.41) is 4.41. The molecule has 2 aromatic rings. The Hall–Kier alpha value is -1.99. The minimum absolute atomic E-state index is 0.0343. The fraction of sp³-hybridized carbons (Fsp3) is 0.333. The third kappa shape index (κ3) is 5.38. The van der Waals surface area contributed by atoms with Gasteiger partial charge in [0.15, 0.2) is 0 Å². The number of amides is 3. The molecule has 2 unspecified atom stereocenters. The van der Waals surface area contributed by atoms with Gasteiger partial charge in [-0.2, -0.15) is 0 Å². The zero-order valence-electron chi connectivity index (χ0n) is 16.6. The summed E-state index contributed by atoms with van der Waals surface area (Å²) in [5.41, 5.74) is 1.67. The molecule has 0 aliphatic carbocycles. The highest BCUT2D eigenvalue weighted by molar-refractivity contribution is 6.35. The third-order valence-electron chi connectivity index (χ3n) is 4.93. The van der Waals surface area contributed by atoms with Crippen LogP contribution in [0.4, 0.5) is 4.79 Å². The average molecular weight is 471 g/mol. The number of benzene rings is 2. The average Bonchev–Trinajstić information content (AvgIpc) is 3.09. The van der Waals surface area contributed by atoms with E-state index in [0.29, 0.717) is 21.6 Å². The van der Waals surface area contributed by atoms with Crippen LogP contribution in [0.25, 0.3) is 0 Å². The van der Waals surface area contributed by atoms with E-state index in [0.717, 1.165) is 11.1 Å². The summed E-state index contributed by atoms with van der Waals surface area (Å²) in [4.78, 5) is 28.8. The Morgan fingerprint density at radius 3 is 2.47 bits per heavy atom. The highest BCUT2D eigenvalue weighted by Crippen LogP contribution is 2.23. The monoisotopic (exact) mass is 469 g/mol. The third-order valence-corrected chi connectivity index (χ3v) is 5.76. The largest absolute Gasteiger partial charge is 0.355 e. The van der Waals surface area contributed by atoms with Crippen LogP contribution in [-0.2, 0) is 22.6 Å². The van der Waals surface area contributed by atoms with Crippen molar-refractivity contribution in [3.63, 3.8) is 0 Å². The van der Waals surface area contributed by atoms with Gasteiger partial charge in [0.2, 0.25) is 5.91 Å². The second-order valence-corrected chi connectivity index (χ2v) is 8.41. The first-order valence-corrected chi connectivity index (χ1v) is 10.5. The standard InChI is InChI=1S/C21H22Cl3N3O3/c1-13-19(20(28)26(2)11-14-3-6-16(22)7-4-14)27(12-30-13)21(29)25-10-15-5-8-17(23)9-18(15)24/h3-9,13,19H,10-12H2,1-2H3,(H,25,29). The van der Waals surface area contributed by atoms with E-state index in [1.54, 1.807) is 49.2 Å². The molecule has 160 valence electrons. The summed E-state index contributed by atoms with van der Waals surface area (Å²) in [6.07, 6.45) is -0.421. The van der Waals surface area contributed by atoms with Gasteiger partial charge in [-0.05, 0) is 42.3 Å². The molecule has 1 saturated heterocycles. The van der Waals surface area contributed by atoms with Crippen LogP contribution in [-0.4, -0.2) is 47.7 Å².